The first-order valence-electron chi connectivity index (χ1n) is 9.87. The largest absolute Gasteiger partial charge is 0.473 e. The summed E-state index contributed by atoms with van der Waals surface area (Å²) in [5.74, 6) is -0.740. The Bertz CT molecular complexity index is 1160. The number of carbonyl (C=O) groups excluding carboxylic acids is 2. The van der Waals surface area contributed by atoms with Crippen LogP contribution in [-0.4, -0.2) is 25.7 Å². The zero-order valence-corrected chi connectivity index (χ0v) is 17.9. The minimum Gasteiger partial charge on any atom is -0.473 e. The molecule has 0 aliphatic rings. The van der Waals surface area contributed by atoms with Crippen LogP contribution in [0.5, 0.6) is 5.75 Å². The van der Waals surface area contributed by atoms with E-state index in [1.165, 1.54) is 7.11 Å². The lowest BCUT2D eigenvalue weighted by atomic mass is 10.0. The van der Waals surface area contributed by atoms with Gasteiger partial charge in [0.15, 0.2) is 0 Å². The highest BCUT2D eigenvalue weighted by molar-refractivity contribution is 5.90. The molecule has 7 heteroatoms. The van der Waals surface area contributed by atoms with Gasteiger partial charge in [-0.05, 0) is 44.0 Å². The summed E-state index contributed by atoms with van der Waals surface area (Å²) in [6, 6.07) is 12.5. The molecule has 0 radical (unpaired) electrons. The van der Waals surface area contributed by atoms with Crippen molar-refractivity contribution in [2.24, 2.45) is 0 Å². The first kappa shape index (κ1) is 22.1. The van der Waals surface area contributed by atoms with Crippen molar-refractivity contribution in [3.05, 3.63) is 75.1 Å². The second-order valence-electron chi connectivity index (χ2n) is 7.04. The molecule has 0 amide bonds. The zero-order valence-electron chi connectivity index (χ0n) is 17.9. The summed E-state index contributed by atoms with van der Waals surface area (Å²) >= 11 is 0. The van der Waals surface area contributed by atoms with Gasteiger partial charge in [-0.1, -0.05) is 30.3 Å². The first-order chi connectivity index (χ1) is 14.8. The third kappa shape index (κ3) is 4.77. The molecule has 0 saturated carbocycles. The molecule has 0 spiro atoms. The highest BCUT2D eigenvalue weighted by Gasteiger charge is 2.26. The summed E-state index contributed by atoms with van der Waals surface area (Å²) in [4.78, 5) is 36.9. The fraction of sp³-hybridized carbons (Fsp3) is 0.292. The Hall–Kier alpha value is -3.61. The summed E-state index contributed by atoms with van der Waals surface area (Å²) in [6.45, 7) is 5.46. The molecule has 0 N–H and O–H groups in total. The third-order valence-corrected chi connectivity index (χ3v) is 4.88. The van der Waals surface area contributed by atoms with Crippen molar-refractivity contribution in [3.63, 3.8) is 0 Å². The lowest BCUT2D eigenvalue weighted by molar-refractivity contribution is -0.151. The molecule has 162 valence electrons. The van der Waals surface area contributed by atoms with E-state index in [0.29, 0.717) is 27.8 Å². The highest BCUT2D eigenvalue weighted by Crippen LogP contribution is 2.34. The number of fused-ring (bicyclic) bond motifs is 1. The van der Waals surface area contributed by atoms with Gasteiger partial charge in [0.05, 0.1) is 31.1 Å². The van der Waals surface area contributed by atoms with Gasteiger partial charge >= 0.3 is 17.6 Å². The predicted octanol–water partition coefficient (Wildman–Crippen LogP) is 3.81. The maximum Gasteiger partial charge on any atom is 0.352 e. The maximum absolute atomic E-state index is 12.7. The number of esters is 2. The number of hydrogen-bond acceptors (Lipinski definition) is 7. The van der Waals surface area contributed by atoms with Crippen molar-refractivity contribution in [1.29, 1.82) is 0 Å². The number of methoxy groups -OCH3 is 1. The predicted molar refractivity (Wildman–Crippen MR) is 114 cm³/mol. The van der Waals surface area contributed by atoms with E-state index < -0.39 is 23.7 Å². The second kappa shape index (κ2) is 9.47. The molecule has 3 rings (SSSR count). The average Bonchev–Trinajstić information content (AvgIpc) is 2.74. The molecule has 0 saturated heterocycles. The van der Waals surface area contributed by atoms with E-state index in [1.807, 2.05) is 13.0 Å². The van der Waals surface area contributed by atoms with E-state index in [0.717, 1.165) is 5.56 Å². The van der Waals surface area contributed by atoms with Crippen LogP contribution in [0.3, 0.4) is 0 Å². The van der Waals surface area contributed by atoms with Gasteiger partial charge in [-0.25, -0.2) is 9.59 Å². The molecule has 0 aliphatic heterocycles. The van der Waals surface area contributed by atoms with E-state index >= 15 is 0 Å². The lowest BCUT2D eigenvalue weighted by Gasteiger charge is -2.20. The normalized spacial score (nSPS) is 11.7. The smallest absolute Gasteiger partial charge is 0.352 e. The van der Waals surface area contributed by atoms with E-state index in [2.05, 4.69) is 0 Å². The molecule has 0 fully saturated rings. The van der Waals surface area contributed by atoms with Gasteiger partial charge in [0.1, 0.15) is 11.3 Å². The first-order valence-corrected chi connectivity index (χ1v) is 9.87. The summed E-state index contributed by atoms with van der Waals surface area (Å²) in [5.41, 5.74) is 1.81. The molecule has 0 unspecified atom stereocenters. The minimum absolute atomic E-state index is 0.181. The van der Waals surface area contributed by atoms with Gasteiger partial charge in [0, 0.05) is 5.56 Å². The number of aryl methyl sites for hydroxylation is 2. The molecule has 7 nitrogen and oxygen atoms in total. The molecule has 0 aliphatic carbocycles. The molecule has 3 aromatic rings. The van der Waals surface area contributed by atoms with E-state index in [4.69, 9.17) is 18.6 Å². The highest BCUT2D eigenvalue weighted by atomic mass is 16.6. The van der Waals surface area contributed by atoms with Gasteiger partial charge in [-0.3, -0.25) is 4.79 Å². The molecule has 31 heavy (non-hydrogen) atoms. The summed E-state index contributed by atoms with van der Waals surface area (Å²) in [7, 11) is 1.25. The Balaban J connectivity index is 2.17. The molecular weight excluding hydrogens is 400 g/mol. The van der Waals surface area contributed by atoms with Crippen LogP contribution in [0, 0.1) is 13.8 Å². The monoisotopic (exact) mass is 424 g/mol. The van der Waals surface area contributed by atoms with Crippen LogP contribution in [0.15, 0.2) is 51.7 Å². The topological polar surface area (TPSA) is 92.0 Å². The Morgan fingerprint density at radius 1 is 1.10 bits per heavy atom. The average molecular weight is 424 g/mol. The van der Waals surface area contributed by atoms with Crippen molar-refractivity contribution in [2.45, 2.75) is 33.3 Å². The third-order valence-electron chi connectivity index (χ3n) is 4.88. The molecule has 2 aromatic carbocycles. The van der Waals surface area contributed by atoms with Crippen LogP contribution in [0.4, 0.5) is 0 Å². The Morgan fingerprint density at radius 2 is 1.81 bits per heavy atom. The summed E-state index contributed by atoms with van der Waals surface area (Å²) < 4.78 is 21.5. The van der Waals surface area contributed by atoms with Crippen LogP contribution >= 0.6 is 0 Å². The van der Waals surface area contributed by atoms with Crippen molar-refractivity contribution < 1.29 is 28.2 Å². The molecule has 1 aromatic heterocycles. The number of carbonyl (C=O) groups is 2. The van der Waals surface area contributed by atoms with Crippen LogP contribution in [-0.2, 0) is 25.5 Å². The van der Waals surface area contributed by atoms with Crippen molar-refractivity contribution >= 4 is 22.9 Å². The fourth-order valence-corrected chi connectivity index (χ4v) is 3.38. The van der Waals surface area contributed by atoms with Gasteiger partial charge in [0.2, 0.25) is 6.10 Å². The number of hydrogen-bond donors (Lipinski definition) is 0. The molecule has 1 heterocycles. The fourth-order valence-electron chi connectivity index (χ4n) is 3.38. The van der Waals surface area contributed by atoms with Gasteiger partial charge < -0.3 is 18.6 Å². The Kier molecular flexibility index (Phi) is 6.74. The van der Waals surface area contributed by atoms with Crippen molar-refractivity contribution in [1.82, 2.24) is 0 Å². The van der Waals surface area contributed by atoms with Crippen molar-refractivity contribution in [3.8, 4) is 5.75 Å². The number of benzene rings is 2. The molecule has 1 atom stereocenters. The zero-order chi connectivity index (χ0) is 22.5. The van der Waals surface area contributed by atoms with E-state index in [-0.39, 0.29) is 18.6 Å². The SMILES string of the molecule is CCOC(=O)[C@@H](Oc1cc(C)cc2oc(=O)c(CC(=O)OC)c(C)c12)c1ccccc1. The second-order valence-corrected chi connectivity index (χ2v) is 7.04. The van der Waals surface area contributed by atoms with E-state index in [9.17, 15) is 14.4 Å². The van der Waals surface area contributed by atoms with Crippen LogP contribution in [0.1, 0.15) is 35.3 Å². The number of ether oxygens (including phenoxy) is 3. The van der Waals surface area contributed by atoms with Crippen LogP contribution < -0.4 is 10.4 Å². The Labute approximate surface area is 179 Å². The van der Waals surface area contributed by atoms with E-state index in [1.54, 1.807) is 50.2 Å². The van der Waals surface area contributed by atoms with Gasteiger partial charge in [0.25, 0.3) is 0 Å². The standard InChI is InChI=1S/C24H24O7/c1-5-29-24(27)22(16-9-7-6-8-10-16)30-18-11-14(2)12-19-21(18)15(3)17(23(26)31-19)13-20(25)28-4/h6-12,22H,5,13H2,1-4H3/t22-/m0/s1. The lowest BCUT2D eigenvalue weighted by Crippen LogP contribution is -2.22. The molecule has 0 bridgehead atoms. The van der Waals surface area contributed by atoms with Gasteiger partial charge in [-0.15, -0.1) is 0 Å². The quantitative estimate of drug-likeness (QED) is 0.421. The summed E-state index contributed by atoms with van der Waals surface area (Å²) in [5, 5.41) is 0.509. The number of rotatable bonds is 7. The van der Waals surface area contributed by atoms with Crippen molar-refractivity contribution in [2.75, 3.05) is 13.7 Å². The Morgan fingerprint density at radius 3 is 2.45 bits per heavy atom. The molecular formula is C24H24O7. The van der Waals surface area contributed by atoms with Crippen LogP contribution in [0.2, 0.25) is 0 Å². The minimum atomic E-state index is -1.01. The van der Waals surface area contributed by atoms with Gasteiger partial charge in [-0.2, -0.15) is 0 Å². The van der Waals surface area contributed by atoms with Crippen LogP contribution in [0.25, 0.3) is 11.0 Å². The summed E-state index contributed by atoms with van der Waals surface area (Å²) in [6.07, 6.45) is -1.24. The maximum atomic E-state index is 12.7.